The van der Waals surface area contributed by atoms with Gasteiger partial charge >= 0.3 is 0 Å². The van der Waals surface area contributed by atoms with E-state index in [1.165, 1.54) is 0 Å². The normalized spacial score (nSPS) is 18.6. The Hall–Kier alpha value is 0.571. The predicted molar refractivity (Wildman–Crippen MR) is 71.9 cm³/mol. The molecule has 14 heavy (non-hydrogen) atoms. The first-order valence-corrected chi connectivity index (χ1v) is 13.7. The molecular formula is C9H26O2Si3. The fraction of sp³-hybridized carbons (Fsp3) is 1.00. The van der Waals surface area contributed by atoms with Crippen LogP contribution in [0.5, 0.6) is 0 Å². The van der Waals surface area contributed by atoms with E-state index < -0.39 is 26.9 Å². The van der Waals surface area contributed by atoms with Crippen molar-refractivity contribution in [1.82, 2.24) is 0 Å². The molecule has 0 radical (unpaired) electrons. The molecule has 0 saturated carbocycles. The lowest BCUT2D eigenvalue weighted by Gasteiger charge is -2.26. The van der Waals surface area contributed by atoms with Crippen LogP contribution in [0, 0.1) is 0 Å². The van der Waals surface area contributed by atoms with E-state index in [2.05, 4.69) is 46.6 Å². The molecule has 5 heteroatoms. The second-order valence-electron chi connectivity index (χ2n) is 4.68. The van der Waals surface area contributed by atoms with Crippen molar-refractivity contribution in [2.45, 2.75) is 58.0 Å². The van der Waals surface area contributed by atoms with Crippen LogP contribution >= 0.6 is 0 Å². The second-order valence-corrected chi connectivity index (χ2v) is 13.1. The first kappa shape index (κ1) is 14.6. The molecule has 0 rings (SSSR count). The maximum atomic E-state index is 6.07. The highest BCUT2D eigenvalue weighted by atomic mass is 28.3. The Balaban J connectivity index is 3.88. The molecular weight excluding hydrogens is 224 g/mol. The molecule has 0 saturated heterocycles. The topological polar surface area (TPSA) is 18.5 Å². The van der Waals surface area contributed by atoms with Gasteiger partial charge in [-0.1, -0.05) is 13.1 Å². The molecule has 0 aromatic rings. The Morgan fingerprint density at radius 3 is 1.64 bits per heavy atom. The van der Waals surface area contributed by atoms with E-state index in [-0.39, 0.29) is 0 Å². The van der Waals surface area contributed by atoms with E-state index in [1.807, 2.05) is 0 Å². The van der Waals surface area contributed by atoms with Crippen molar-refractivity contribution < 1.29 is 8.85 Å². The number of hydrogen-bond donors (Lipinski definition) is 0. The van der Waals surface area contributed by atoms with E-state index in [9.17, 15) is 0 Å². The van der Waals surface area contributed by atoms with Crippen LogP contribution in [-0.2, 0) is 8.85 Å². The number of hydrogen-bond acceptors (Lipinski definition) is 2. The SMILES string of the molecule is CC(O[SiH](C)C(C)O[SiH](C)C)[SiH](C)C. The Kier molecular flexibility index (Phi) is 7.23. The van der Waals surface area contributed by atoms with Gasteiger partial charge in [-0.2, -0.15) is 0 Å². The minimum Gasteiger partial charge on any atom is -0.419 e. The highest BCUT2D eigenvalue weighted by molar-refractivity contribution is 6.60. The van der Waals surface area contributed by atoms with E-state index in [0.29, 0.717) is 11.5 Å². The molecule has 0 aliphatic heterocycles. The van der Waals surface area contributed by atoms with Crippen molar-refractivity contribution >= 4 is 26.9 Å². The average molecular weight is 251 g/mol. The molecule has 0 bridgehead atoms. The Morgan fingerprint density at radius 2 is 1.29 bits per heavy atom. The fourth-order valence-electron chi connectivity index (χ4n) is 1.15. The van der Waals surface area contributed by atoms with Crippen molar-refractivity contribution in [2.24, 2.45) is 0 Å². The van der Waals surface area contributed by atoms with E-state index >= 15 is 0 Å². The van der Waals surface area contributed by atoms with Gasteiger partial charge in [0.1, 0.15) is 0 Å². The standard InChI is InChI=1S/C9H26O2Si3/c1-8(12(3)4)11-14(7)9(2)10-13(5)6/h8-9,12-14H,1-7H3. The molecule has 0 aromatic heterocycles. The second kappa shape index (κ2) is 6.95. The molecule has 0 aliphatic carbocycles. The summed E-state index contributed by atoms with van der Waals surface area (Å²) in [4.78, 5) is 0. The third-order valence-corrected chi connectivity index (χ3v) is 8.49. The van der Waals surface area contributed by atoms with E-state index in [1.54, 1.807) is 0 Å². The Morgan fingerprint density at radius 1 is 0.786 bits per heavy atom. The first-order valence-electron chi connectivity index (χ1n) is 5.65. The highest BCUT2D eigenvalue weighted by Gasteiger charge is 2.20. The summed E-state index contributed by atoms with van der Waals surface area (Å²) in [5, 5.41) is 0. The fourth-order valence-corrected chi connectivity index (χ4v) is 6.73. The van der Waals surface area contributed by atoms with Gasteiger partial charge < -0.3 is 8.85 Å². The van der Waals surface area contributed by atoms with Crippen LogP contribution in [0.3, 0.4) is 0 Å². The van der Waals surface area contributed by atoms with Crippen LogP contribution < -0.4 is 0 Å². The molecule has 0 spiro atoms. The molecule has 0 heterocycles. The van der Waals surface area contributed by atoms with Crippen LogP contribution in [0.4, 0.5) is 0 Å². The van der Waals surface area contributed by atoms with E-state index in [0.717, 1.165) is 0 Å². The summed E-state index contributed by atoms with van der Waals surface area (Å²) in [6.45, 7) is 15.8. The molecule has 2 nitrogen and oxygen atoms in total. The minimum atomic E-state index is -1.12. The van der Waals surface area contributed by atoms with Crippen LogP contribution in [0.25, 0.3) is 0 Å². The lowest BCUT2D eigenvalue weighted by atomic mass is 10.9. The summed E-state index contributed by atoms with van der Waals surface area (Å²) in [7, 11) is -2.64. The Bertz CT molecular complexity index is 153. The van der Waals surface area contributed by atoms with Gasteiger partial charge in [-0.25, -0.2) is 0 Å². The Labute approximate surface area is 94.1 Å². The maximum Gasteiger partial charge on any atom is 0.200 e. The molecule has 0 N–H and O–H groups in total. The number of rotatable bonds is 6. The average Bonchev–Trinajstić information content (AvgIpc) is 2.02. The minimum absolute atomic E-state index is 0.386. The zero-order valence-corrected chi connectivity index (χ0v) is 14.2. The van der Waals surface area contributed by atoms with Crippen LogP contribution in [-0.4, -0.2) is 38.3 Å². The van der Waals surface area contributed by atoms with Gasteiger partial charge in [0.15, 0.2) is 18.1 Å². The molecule has 3 unspecified atom stereocenters. The van der Waals surface area contributed by atoms with Gasteiger partial charge in [0.25, 0.3) is 0 Å². The van der Waals surface area contributed by atoms with Crippen molar-refractivity contribution in [3.8, 4) is 0 Å². The van der Waals surface area contributed by atoms with E-state index in [4.69, 9.17) is 8.85 Å². The van der Waals surface area contributed by atoms with Gasteiger partial charge in [0.05, 0.1) is 14.5 Å². The van der Waals surface area contributed by atoms with Gasteiger partial charge in [-0.05, 0) is 33.5 Å². The molecule has 0 aliphatic rings. The maximum absolute atomic E-state index is 6.07. The highest BCUT2D eigenvalue weighted by Crippen LogP contribution is 2.06. The summed E-state index contributed by atoms with van der Waals surface area (Å²) in [6, 6.07) is 0. The zero-order chi connectivity index (χ0) is 11.3. The summed E-state index contributed by atoms with van der Waals surface area (Å²) < 4.78 is 12.0. The monoisotopic (exact) mass is 250 g/mol. The zero-order valence-electron chi connectivity index (χ0n) is 10.7. The molecule has 86 valence electrons. The van der Waals surface area contributed by atoms with Crippen molar-refractivity contribution in [3.05, 3.63) is 0 Å². The molecule has 3 atom stereocenters. The van der Waals surface area contributed by atoms with Gasteiger partial charge in [0.2, 0.25) is 0 Å². The summed E-state index contributed by atoms with van der Waals surface area (Å²) in [6.07, 6.45) is 0. The molecule has 0 aromatic carbocycles. The summed E-state index contributed by atoms with van der Waals surface area (Å²) in [5.41, 5.74) is 0.897. The van der Waals surface area contributed by atoms with Crippen LogP contribution in [0.1, 0.15) is 13.8 Å². The third kappa shape index (κ3) is 6.13. The van der Waals surface area contributed by atoms with Gasteiger partial charge in [-0.3, -0.25) is 0 Å². The van der Waals surface area contributed by atoms with Crippen molar-refractivity contribution in [1.29, 1.82) is 0 Å². The molecule has 0 amide bonds. The molecule has 0 fully saturated rings. The summed E-state index contributed by atoms with van der Waals surface area (Å²) >= 11 is 0. The smallest absolute Gasteiger partial charge is 0.200 e. The quantitative estimate of drug-likeness (QED) is 0.668. The van der Waals surface area contributed by atoms with Crippen molar-refractivity contribution in [2.75, 3.05) is 0 Å². The summed E-state index contributed by atoms with van der Waals surface area (Å²) in [5.74, 6) is 0. The van der Waals surface area contributed by atoms with Crippen molar-refractivity contribution in [3.63, 3.8) is 0 Å². The van der Waals surface area contributed by atoms with Gasteiger partial charge in [-0.15, -0.1) is 0 Å². The lowest BCUT2D eigenvalue weighted by Crippen LogP contribution is -2.39. The lowest BCUT2D eigenvalue weighted by molar-refractivity contribution is 0.229. The largest absolute Gasteiger partial charge is 0.419 e. The van der Waals surface area contributed by atoms with Crippen LogP contribution in [0.15, 0.2) is 0 Å². The van der Waals surface area contributed by atoms with Crippen LogP contribution in [0.2, 0.25) is 32.7 Å². The first-order chi connectivity index (χ1) is 6.34. The van der Waals surface area contributed by atoms with Gasteiger partial charge in [0, 0.05) is 5.73 Å². The third-order valence-electron chi connectivity index (χ3n) is 2.52. The predicted octanol–water partition coefficient (Wildman–Crippen LogP) is 1.70.